The second-order valence-corrected chi connectivity index (χ2v) is 3.18. The second-order valence-electron chi connectivity index (χ2n) is 3.18. The molecule has 0 saturated carbocycles. The first-order valence-electron chi connectivity index (χ1n) is 4.72. The number of halogens is 3. The summed E-state index contributed by atoms with van der Waals surface area (Å²) >= 11 is 0. The van der Waals surface area contributed by atoms with E-state index < -0.39 is 11.9 Å². The van der Waals surface area contributed by atoms with Gasteiger partial charge in [0, 0.05) is 19.2 Å². The first kappa shape index (κ1) is 12.5. The SMILES string of the molecule is CCC(=O)NCc1ccc(C(F)(F)F)nc1. The lowest BCUT2D eigenvalue weighted by Crippen LogP contribution is -2.21. The lowest BCUT2D eigenvalue weighted by Gasteiger charge is -2.07. The zero-order valence-electron chi connectivity index (χ0n) is 8.64. The maximum absolute atomic E-state index is 12.2. The van der Waals surface area contributed by atoms with Gasteiger partial charge in [-0.2, -0.15) is 13.2 Å². The average molecular weight is 232 g/mol. The summed E-state index contributed by atoms with van der Waals surface area (Å²) < 4.78 is 36.5. The summed E-state index contributed by atoms with van der Waals surface area (Å²) in [7, 11) is 0. The minimum absolute atomic E-state index is 0.153. The highest BCUT2D eigenvalue weighted by molar-refractivity contribution is 5.75. The van der Waals surface area contributed by atoms with Gasteiger partial charge in [0.25, 0.3) is 0 Å². The van der Waals surface area contributed by atoms with Crippen molar-refractivity contribution < 1.29 is 18.0 Å². The van der Waals surface area contributed by atoms with E-state index in [1.807, 2.05) is 0 Å². The molecule has 0 bridgehead atoms. The number of pyridine rings is 1. The van der Waals surface area contributed by atoms with Gasteiger partial charge in [0.1, 0.15) is 5.69 Å². The quantitative estimate of drug-likeness (QED) is 0.867. The van der Waals surface area contributed by atoms with E-state index in [1.54, 1.807) is 6.92 Å². The van der Waals surface area contributed by atoms with Crippen LogP contribution in [0.4, 0.5) is 13.2 Å². The number of nitrogens with one attached hydrogen (secondary N) is 1. The van der Waals surface area contributed by atoms with Crippen LogP contribution < -0.4 is 5.32 Å². The topological polar surface area (TPSA) is 42.0 Å². The standard InChI is InChI=1S/C10H11F3N2O/c1-2-9(16)15-6-7-3-4-8(14-5-7)10(11,12)13/h3-5H,2,6H2,1H3,(H,15,16). The number of rotatable bonds is 3. The molecule has 1 aromatic rings. The molecule has 1 rings (SSSR count). The van der Waals surface area contributed by atoms with Crippen molar-refractivity contribution in [1.29, 1.82) is 0 Å². The first-order valence-corrected chi connectivity index (χ1v) is 4.72. The lowest BCUT2D eigenvalue weighted by molar-refractivity contribution is -0.141. The first-order chi connectivity index (χ1) is 7.43. The van der Waals surface area contributed by atoms with Crippen LogP contribution >= 0.6 is 0 Å². The summed E-state index contributed by atoms with van der Waals surface area (Å²) in [5, 5.41) is 2.55. The molecule has 0 spiro atoms. The van der Waals surface area contributed by atoms with Gasteiger partial charge in [-0.05, 0) is 11.6 Å². The van der Waals surface area contributed by atoms with Crippen LogP contribution in [-0.4, -0.2) is 10.9 Å². The van der Waals surface area contributed by atoms with Gasteiger partial charge in [-0.25, -0.2) is 0 Å². The molecule has 0 atom stereocenters. The Morgan fingerprint density at radius 2 is 2.12 bits per heavy atom. The Labute approximate surface area is 90.7 Å². The van der Waals surface area contributed by atoms with E-state index in [-0.39, 0.29) is 12.5 Å². The van der Waals surface area contributed by atoms with Crippen LogP contribution in [0.3, 0.4) is 0 Å². The van der Waals surface area contributed by atoms with E-state index in [9.17, 15) is 18.0 Å². The number of amides is 1. The zero-order chi connectivity index (χ0) is 12.2. The molecule has 6 heteroatoms. The van der Waals surface area contributed by atoms with Crippen molar-refractivity contribution in [1.82, 2.24) is 10.3 Å². The molecule has 0 aliphatic carbocycles. The van der Waals surface area contributed by atoms with Crippen molar-refractivity contribution in [2.45, 2.75) is 26.1 Å². The molecule has 0 aromatic carbocycles. The van der Waals surface area contributed by atoms with Crippen LogP contribution in [0.1, 0.15) is 24.6 Å². The molecule has 1 heterocycles. The fourth-order valence-corrected chi connectivity index (χ4v) is 1.02. The number of carbonyl (C=O) groups excluding carboxylic acids is 1. The molecule has 0 saturated heterocycles. The molecule has 3 nitrogen and oxygen atoms in total. The molecular formula is C10H11F3N2O. The molecule has 0 aliphatic rings. The van der Waals surface area contributed by atoms with E-state index in [1.165, 1.54) is 6.07 Å². The Morgan fingerprint density at radius 3 is 2.56 bits per heavy atom. The molecule has 0 aliphatic heterocycles. The highest BCUT2D eigenvalue weighted by atomic mass is 19.4. The maximum Gasteiger partial charge on any atom is 0.433 e. The largest absolute Gasteiger partial charge is 0.433 e. The molecule has 0 fully saturated rings. The van der Waals surface area contributed by atoms with E-state index >= 15 is 0 Å². The molecule has 0 radical (unpaired) electrons. The fourth-order valence-electron chi connectivity index (χ4n) is 1.02. The molecule has 1 N–H and O–H groups in total. The highest BCUT2D eigenvalue weighted by Gasteiger charge is 2.31. The van der Waals surface area contributed by atoms with Crippen molar-refractivity contribution in [2.75, 3.05) is 0 Å². The van der Waals surface area contributed by atoms with Crippen LogP contribution in [0, 0.1) is 0 Å². The highest BCUT2D eigenvalue weighted by Crippen LogP contribution is 2.27. The normalized spacial score (nSPS) is 11.2. The van der Waals surface area contributed by atoms with Crippen LogP contribution in [0.2, 0.25) is 0 Å². The molecule has 0 unspecified atom stereocenters. The zero-order valence-corrected chi connectivity index (χ0v) is 8.64. The number of nitrogens with zero attached hydrogens (tertiary/aromatic N) is 1. The van der Waals surface area contributed by atoms with E-state index in [2.05, 4.69) is 10.3 Å². The summed E-state index contributed by atoms with van der Waals surface area (Å²) in [5.41, 5.74) is -0.395. The van der Waals surface area contributed by atoms with Gasteiger partial charge in [-0.3, -0.25) is 9.78 Å². The third-order valence-corrected chi connectivity index (χ3v) is 1.93. The average Bonchev–Trinajstić information content (AvgIpc) is 2.25. The minimum atomic E-state index is -4.43. The number of hydrogen-bond donors (Lipinski definition) is 1. The molecule has 1 aromatic heterocycles. The summed E-state index contributed by atoms with van der Waals surface area (Å²) in [6.07, 6.45) is -2.97. The molecule has 88 valence electrons. The summed E-state index contributed by atoms with van der Waals surface area (Å²) in [4.78, 5) is 14.2. The van der Waals surface area contributed by atoms with Gasteiger partial charge in [0.05, 0.1) is 0 Å². The number of hydrogen-bond acceptors (Lipinski definition) is 2. The van der Waals surface area contributed by atoms with Crippen molar-refractivity contribution >= 4 is 5.91 Å². The van der Waals surface area contributed by atoms with Gasteiger partial charge in [0.2, 0.25) is 5.91 Å². The monoisotopic (exact) mass is 232 g/mol. The van der Waals surface area contributed by atoms with E-state index in [4.69, 9.17) is 0 Å². The Balaban J connectivity index is 2.62. The van der Waals surface area contributed by atoms with Crippen molar-refractivity contribution in [3.63, 3.8) is 0 Å². The Kier molecular flexibility index (Phi) is 3.87. The van der Waals surface area contributed by atoms with Gasteiger partial charge in [-0.1, -0.05) is 13.0 Å². The maximum atomic E-state index is 12.2. The Hall–Kier alpha value is -1.59. The number of aromatic nitrogens is 1. The molecule has 16 heavy (non-hydrogen) atoms. The predicted octanol–water partition coefficient (Wildman–Crippen LogP) is 2.13. The Morgan fingerprint density at radius 1 is 1.44 bits per heavy atom. The number of alkyl halides is 3. The molecular weight excluding hydrogens is 221 g/mol. The number of carbonyl (C=O) groups is 1. The minimum Gasteiger partial charge on any atom is -0.352 e. The second kappa shape index (κ2) is 4.96. The third-order valence-electron chi connectivity index (χ3n) is 1.93. The van der Waals surface area contributed by atoms with Crippen LogP contribution in [0.15, 0.2) is 18.3 Å². The van der Waals surface area contributed by atoms with Crippen molar-refractivity contribution in [2.24, 2.45) is 0 Å². The van der Waals surface area contributed by atoms with Gasteiger partial charge < -0.3 is 5.32 Å². The summed E-state index contributed by atoms with van der Waals surface area (Å²) in [5.74, 6) is -0.153. The predicted molar refractivity (Wildman–Crippen MR) is 51.4 cm³/mol. The smallest absolute Gasteiger partial charge is 0.352 e. The van der Waals surface area contributed by atoms with E-state index in [0.29, 0.717) is 12.0 Å². The summed E-state index contributed by atoms with van der Waals surface area (Å²) in [6, 6.07) is 2.19. The summed E-state index contributed by atoms with van der Waals surface area (Å²) in [6.45, 7) is 1.89. The lowest BCUT2D eigenvalue weighted by atomic mass is 10.2. The van der Waals surface area contributed by atoms with Crippen LogP contribution in [-0.2, 0) is 17.5 Å². The van der Waals surface area contributed by atoms with Gasteiger partial charge >= 0.3 is 6.18 Å². The fraction of sp³-hybridized carbons (Fsp3) is 0.400. The molecule has 1 amide bonds. The van der Waals surface area contributed by atoms with Crippen molar-refractivity contribution in [3.8, 4) is 0 Å². The van der Waals surface area contributed by atoms with Gasteiger partial charge in [0.15, 0.2) is 0 Å². The Bertz CT molecular complexity index is 359. The van der Waals surface area contributed by atoms with Crippen LogP contribution in [0.25, 0.3) is 0 Å². The van der Waals surface area contributed by atoms with Crippen molar-refractivity contribution in [3.05, 3.63) is 29.6 Å². The van der Waals surface area contributed by atoms with Crippen LogP contribution in [0.5, 0.6) is 0 Å². The van der Waals surface area contributed by atoms with Gasteiger partial charge in [-0.15, -0.1) is 0 Å². The third kappa shape index (κ3) is 3.52. The van der Waals surface area contributed by atoms with E-state index in [0.717, 1.165) is 12.3 Å².